The summed E-state index contributed by atoms with van der Waals surface area (Å²) >= 11 is 0. The number of anilines is 1. The molecule has 1 aromatic heterocycles. The molecule has 0 radical (unpaired) electrons. The number of nitrogens with two attached hydrogens (primary N) is 1. The van der Waals surface area contributed by atoms with Gasteiger partial charge >= 0.3 is 0 Å². The summed E-state index contributed by atoms with van der Waals surface area (Å²) in [7, 11) is 0. The molecule has 1 heterocycles. The number of nitrogens with zero attached hydrogens (tertiary/aromatic N) is 2. The highest BCUT2D eigenvalue weighted by Crippen LogP contribution is 2.38. The lowest BCUT2D eigenvalue weighted by Gasteiger charge is -2.07. The molecule has 1 saturated carbocycles. The standard InChI is InChI=1S/C10H15N3/c1-3-8-6(2)9(11)13-10(12-8)7-4-5-7/h7H,3-5H2,1-2H3,(H2,11,12,13). The second-order valence-electron chi connectivity index (χ2n) is 3.67. The molecular weight excluding hydrogens is 162 g/mol. The molecule has 0 aliphatic heterocycles. The first-order chi connectivity index (χ1) is 6.22. The Bertz CT molecular complexity index is 329. The average molecular weight is 177 g/mol. The molecular formula is C10H15N3. The monoisotopic (exact) mass is 177 g/mol. The van der Waals surface area contributed by atoms with Gasteiger partial charge in [-0.25, -0.2) is 9.97 Å². The number of nitrogen functional groups attached to an aromatic ring is 1. The molecule has 3 heteroatoms. The summed E-state index contributed by atoms with van der Waals surface area (Å²) in [6.07, 6.45) is 3.40. The van der Waals surface area contributed by atoms with Gasteiger partial charge in [-0.2, -0.15) is 0 Å². The smallest absolute Gasteiger partial charge is 0.134 e. The maximum atomic E-state index is 5.81. The lowest BCUT2D eigenvalue weighted by Crippen LogP contribution is -2.05. The van der Waals surface area contributed by atoms with Crippen LogP contribution >= 0.6 is 0 Å². The van der Waals surface area contributed by atoms with E-state index in [2.05, 4.69) is 16.9 Å². The molecule has 3 nitrogen and oxygen atoms in total. The molecule has 1 aliphatic rings. The predicted octanol–water partition coefficient (Wildman–Crippen LogP) is 1.81. The Morgan fingerprint density at radius 2 is 2.08 bits per heavy atom. The van der Waals surface area contributed by atoms with E-state index in [0.29, 0.717) is 11.7 Å². The van der Waals surface area contributed by atoms with Gasteiger partial charge < -0.3 is 5.73 Å². The van der Waals surface area contributed by atoms with E-state index >= 15 is 0 Å². The van der Waals surface area contributed by atoms with Crippen LogP contribution in [0.25, 0.3) is 0 Å². The molecule has 70 valence electrons. The summed E-state index contributed by atoms with van der Waals surface area (Å²) in [5.41, 5.74) is 7.97. The van der Waals surface area contributed by atoms with Crippen LogP contribution in [0.2, 0.25) is 0 Å². The fourth-order valence-electron chi connectivity index (χ4n) is 1.47. The van der Waals surface area contributed by atoms with Crippen LogP contribution in [-0.2, 0) is 6.42 Å². The Balaban J connectivity index is 2.43. The summed E-state index contributed by atoms with van der Waals surface area (Å²) in [6.45, 7) is 4.09. The van der Waals surface area contributed by atoms with E-state index in [1.807, 2.05) is 6.92 Å². The third kappa shape index (κ3) is 1.50. The fourth-order valence-corrected chi connectivity index (χ4v) is 1.47. The number of hydrogen-bond acceptors (Lipinski definition) is 3. The Kier molecular flexibility index (Phi) is 1.94. The van der Waals surface area contributed by atoms with Gasteiger partial charge in [0.15, 0.2) is 0 Å². The Hall–Kier alpha value is -1.12. The van der Waals surface area contributed by atoms with Crippen LogP contribution in [0, 0.1) is 6.92 Å². The van der Waals surface area contributed by atoms with Crippen molar-refractivity contribution in [3.63, 3.8) is 0 Å². The van der Waals surface area contributed by atoms with Crippen LogP contribution in [0.4, 0.5) is 5.82 Å². The summed E-state index contributed by atoms with van der Waals surface area (Å²) in [5.74, 6) is 2.21. The zero-order chi connectivity index (χ0) is 9.42. The molecule has 1 aromatic rings. The van der Waals surface area contributed by atoms with E-state index < -0.39 is 0 Å². The molecule has 0 aromatic carbocycles. The molecule has 2 N–H and O–H groups in total. The van der Waals surface area contributed by atoms with Crippen LogP contribution in [0.15, 0.2) is 0 Å². The number of aromatic nitrogens is 2. The van der Waals surface area contributed by atoms with Gasteiger partial charge in [-0.15, -0.1) is 0 Å². The van der Waals surface area contributed by atoms with Crippen molar-refractivity contribution in [1.82, 2.24) is 9.97 Å². The quantitative estimate of drug-likeness (QED) is 0.749. The normalized spacial score (nSPS) is 16.2. The van der Waals surface area contributed by atoms with Crippen molar-refractivity contribution < 1.29 is 0 Å². The maximum absolute atomic E-state index is 5.81. The zero-order valence-corrected chi connectivity index (χ0v) is 8.17. The molecule has 0 amide bonds. The Morgan fingerprint density at radius 3 is 2.62 bits per heavy atom. The third-order valence-corrected chi connectivity index (χ3v) is 2.58. The van der Waals surface area contributed by atoms with E-state index in [4.69, 9.17) is 5.73 Å². The first-order valence-corrected chi connectivity index (χ1v) is 4.85. The zero-order valence-electron chi connectivity index (χ0n) is 8.17. The SMILES string of the molecule is CCc1nc(C2CC2)nc(N)c1C. The minimum Gasteiger partial charge on any atom is -0.383 e. The average Bonchev–Trinajstić information content (AvgIpc) is 2.92. The molecule has 13 heavy (non-hydrogen) atoms. The van der Waals surface area contributed by atoms with Crippen molar-refractivity contribution in [2.75, 3.05) is 5.73 Å². The number of hydrogen-bond donors (Lipinski definition) is 1. The molecule has 0 bridgehead atoms. The molecule has 0 spiro atoms. The highest BCUT2D eigenvalue weighted by atomic mass is 15.0. The van der Waals surface area contributed by atoms with Crippen LogP contribution in [0.3, 0.4) is 0 Å². The van der Waals surface area contributed by atoms with Gasteiger partial charge in [-0.3, -0.25) is 0 Å². The topological polar surface area (TPSA) is 51.8 Å². The van der Waals surface area contributed by atoms with Crippen molar-refractivity contribution in [1.29, 1.82) is 0 Å². The Morgan fingerprint density at radius 1 is 1.38 bits per heavy atom. The van der Waals surface area contributed by atoms with Crippen molar-refractivity contribution >= 4 is 5.82 Å². The highest BCUT2D eigenvalue weighted by molar-refractivity contribution is 5.41. The molecule has 1 fully saturated rings. The van der Waals surface area contributed by atoms with Crippen molar-refractivity contribution in [3.05, 3.63) is 17.1 Å². The molecule has 0 unspecified atom stereocenters. The van der Waals surface area contributed by atoms with Crippen LogP contribution in [-0.4, -0.2) is 9.97 Å². The van der Waals surface area contributed by atoms with Crippen LogP contribution in [0.1, 0.15) is 42.8 Å². The van der Waals surface area contributed by atoms with Gasteiger partial charge in [0.05, 0.1) is 0 Å². The fraction of sp³-hybridized carbons (Fsp3) is 0.600. The van der Waals surface area contributed by atoms with Crippen molar-refractivity contribution in [3.8, 4) is 0 Å². The first-order valence-electron chi connectivity index (χ1n) is 4.85. The van der Waals surface area contributed by atoms with Gasteiger partial charge in [0, 0.05) is 17.2 Å². The summed E-state index contributed by atoms with van der Waals surface area (Å²) in [4.78, 5) is 8.83. The number of aryl methyl sites for hydroxylation is 1. The molecule has 0 saturated heterocycles. The van der Waals surface area contributed by atoms with Crippen molar-refractivity contribution in [2.24, 2.45) is 0 Å². The minimum atomic E-state index is 0.591. The lowest BCUT2D eigenvalue weighted by atomic mass is 10.2. The van der Waals surface area contributed by atoms with Gasteiger partial charge in [-0.1, -0.05) is 6.92 Å². The van der Waals surface area contributed by atoms with Crippen LogP contribution < -0.4 is 5.73 Å². The summed E-state index contributed by atoms with van der Waals surface area (Å²) in [5, 5.41) is 0. The summed E-state index contributed by atoms with van der Waals surface area (Å²) in [6, 6.07) is 0. The molecule has 1 aliphatic carbocycles. The van der Waals surface area contributed by atoms with Gasteiger partial charge in [0.1, 0.15) is 11.6 Å². The largest absolute Gasteiger partial charge is 0.383 e. The molecule has 0 atom stereocenters. The molecule has 2 rings (SSSR count). The van der Waals surface area contributed by atoms with E-state index in [0.717, 1.165) is 23.5 Å². The number of rotatable bonds is 2. The van der Waals surface area contributed by atoms with Crippen molar-refractivity contribution in [2.45, 2.75) is 39.0 Å². The van der Waals surface area contributed by atoms with Gasteiger partial charge in [0.2, 0.25) is 0 Å². The van der Waals surface area contributed by atoms with Gasteiger partial charge in [-0.05, 0) is 26.2 Å². The lowest BCUT2D eigenvalue weighted by molar-refractivity contribution is 0.870. The highest BCUT2D eigenvalue weighted by Gasteiger charge is 2.27. The predicted molar refractivity (Wildman–Crippen MR) is 52.5 cm³/mol. The second kappa shape index (κ2) is 2.98. The third-order valence-electron chi connectivity index (χ3n) is 2.58. The summed E-state index contributed by atoms with van der Waals surface area (Å²) < 4.78 is 0. The van der Waals surface area contributed by atoms with E-state index in [1.54, 1.807) is 0 Å². The van der Waals surface area contributed by atoms with E-state index in [1.165, 1.54) is 12.8 Å². The first kappa shape index (κ1) is 8.48. The van der Waals surface area contributed by atoms with Gasteiger partial charge in [0.25, 0.3) is 0 Å². The maximum Gasteiger partial charge on any atom is 0.134 e. The van der Waals surface area contributed by atoms with Crippen LogP contribution in [0.5, 0.6) is 0 Å². The van der Waals surface area contributed by atoms with E-state index in [9.17, 15) is 0 Å². The second-order valence-corrected chi connectivity index (χ2v) is 3.67. The minimum absolute atomic E-state index is 0.591. The Labute approximate surface area is 78.4 Å². The van der Waals surface area contributed by atoms with E-state index in [-0.39, 0.29) is 0 Å².